The summed E-state index contributed by atoms with van der Waals surface area (Å²) in [5.41, 5.74) is 0.894. The van der Waals surface area contributed by atoms with Crippen molar-refractivity contribution in [2.45, 2.75) is 0 Å². The molecule has 98 valence electrons. The second kappa shape index (κ2) is 4.96. The summed E-state index contributed by atoms with van der Waals surface area (Å²) in [5.74, 6) is 0. The van der Waals surface area contributed by atoms with E-state index in [2.05, 4.69) is 0 Å². The molecule has 1 heterocycles. The van der Waals surface area contributed by atoms with Gasteiger partial charge in [0.05, 0.1) is 0 Å². The first kappa shape index (κ1) is 12.7. The third-order valence-electron chi connectivity index (χ3n) is 3.26. The van der Waals surface area contributed by atoms with Gasteiger partial charge in [-0.3, -0.25) is 9.36 Å². The average molecular weight is 265 g/mol. The SMILES string of the molecule is O=c1c2cc(B(O)O)ccc2ccn1-c1ccccc1. The Balaban J connectivity index is 2.27. The van der Waals surface area contributed by atoms with Crippen LogP contribution in [0.5, 0.6) is 0 Å². The largest absolute Gasteiger partial charge is 0.488 e. The van der Waals surface area contributed by atoms with Crippen LogP contribution in [0.2, 0.25) is 0 Å². The van der Waals surface area contributed by atoms with Crippen LogP contribution in [0, 0.1) is 0 Å². The van der Waals surface area contributed by atoms with Crippen LogP contribution < -0.4 is 11.0 Å². The zero-order chi connectivity index (χ0) is 14.1. The van der Waals surface area contributed by atoms with Gasteiger partial charge in [-0.1, -0.05) is 30.3 Å². The van der Waals surface area contributed by atoms with E-state index in [1.807, 2.05) is 36.4 Å². The maximum absolute atomic E-state index is 12.5. The molecule has 0 saturated heterocycles. The van der Waals surface area contributed by atoms with Crippen molar-refractivity contribution in [1.29, 1.82) is 0 Å². The molecule has 0 atom stereocenters. The number of hydrogen-bond donors (Lipinski definition) is 2. The van der Waals surface area contributed by atoms with E-state index in [-0.39, 0.29) is 5.56 Å². The molecule has 2 aromatic carbocycles. The van der Waals surface area contributed by atoms with E-state index in [4.69, 9.17) is 0 Å². The molecule has 20 heavy (non-hydrogen) atoms. The normalized spacial score (nSPS) is 10.7. The topological polar surface area (TPSA) is 62.5 Å². The van der Waals surface area contributed by atoms with E-state index in [1.165, 1.54) is 10.6 Å². The number of rotatable bonds is 2. The van der Waals surface area contributed by atoms with Crippen LogP contribution in [-0.2, 0) is 0 Å². The van der Waals surface area contributed by atoms with Crippen LogP contribution >= 0.6 is 0 Å². The van der Waals surface area contributed by atoms with Gasteiger partial charge in [0.15, 0.2) is 0 Å². The Bertz CT molecular complexity index is 812. The lowest BCUT2D eigenvalue weighted by Gasteiger charge is -2.08. The van der Waals surface area contributed by atoms with Gasteiger partial charge in [0.25, 0.3) is 5.56 Å². The highest BCUT2D eigenvalue weighted by Gasteiger charge is 2.13. The number of fused-ring (bicyclic) bond motifs is 1. The Morgan fingerprint density at radius 3 is 2.40 bits per heavy atom. The first-order chi connectivity index (χ1) is 9.66. The number of nitrogens with zero attached hydrogens (tertiary/aromatic N) is 1. The molecule has 2 N–H and O–H groups in total. The Morgan fingerprint density at radius 2 is 1.70 bits per heavy atom. The molecule has 1 aromatic heterocycles. The van der Waals surface area contributed by atoms with Crippen LogP contribution in [-0.4, -0.2) is 21.7 Å². The molecule has 0 unspecified atom stereocenters. The first-order valence-electron chi connectivity index (χ1n) is 6.24. The number of para-hydroxylation sites is 1. The van der Waals surface area contributed by atoms with E-state index in [0.29, 0.717) is 10.8 Å². The molecular formula is C15H12BNO3. The molecule has 0 bridgehead atoms. The molecule has 0 fully saturated rings. The summed E-state index contributed by atoms with van der Waals surface area (Å²) in [4.78, 5) is 12.5. The quantitative estimate of drug-likeness (QED) is 0.669. The van der Waals surface area contributed by atoms with Gasteiger partial charge >= 0.3 is 7.12 Å². The molecule has 0 amide bonds. The van der Waals surface area contributed by atoms with Crippen molar-refractivity contribution < 1.29 is 10.0 Å². The monoisotopic (exact) mass is 265 g/mol. The lowest BCUT2D eigenvalue weighted by atomic mass is 9.79. The van der Waals surface area contributed by atoms with Gasteiger partial charge in [-0.2, -0.15) is 0 Å². The summed E-state index contributed by atoms with van der Waals surface area (Å²) in [7, 11) is -1.58. The van der Waals surface area contributed by atoms with Crippen molar-refractivity contribution in [1.82, 2.24) is 4.57 Å². The molecule has 3 rings (SSSR count). The predicted molar refractivity (Wildman–Crippen MR) is 79.4 cm³/mol. The molecule has 0 aliphatic heterocycles. The standard InChI is InChI=1S/C15H12BNO3/c18-15-14-10-12(16(19)20)7-6-11(14)8-9-17(15)13-4-2-1-3-5-13/h1-10,19-20H. The van der Waals surface area contributed by atoms with Crippen LogP contribution in [0.25, 0.3) is 16.5 Å². The minimum Gasteiger partial charge on any atom is -0.423 e. The molecule has 0 aliphatic carbocycles. The summed E-state index contributed by atoms with van der Waals surface area (Å²) < 4.78 is 1.54. The maximum atomic E-state index is 12.5. The third-order valence-corrected chi connectivity index (χ3v) is 3.26. The fraction of sp³-hybridized carbons (Fsp3) is 0. The highest BCUT2D eigenvalue weighted by atomic mass is 16.4. The third kappa shape index (κ3) is 2.13. The number of aromatic nitrogens is 1. The van der Waals surface area contributed by atoms with Gasteiger partial charge in [-0.25, -0.2) is 0 Å². The number of hydrogen-bond acceptors (Lipinski definition) is 3. The van der Waals surface area contributed by atoms with Gasteiger partial charge in [-0.05, 0) is 35.1 Å². The maximum Gasteiger partial charge on any atom is 0.488 e. The highest BCUT2D eigenvalue weighted by Crippen LogP contribution is 2.11. The fourth-order valence-corrected chi connectivity index (χ4v) is 2.21. The van der Waals surface area contributed by atoms with Crippen molar-refractivity contribution in [3.05, 3.63) is 71.1 Å². The molecule has 0 spiro atoms. The second-order valence-electron chi connectivity index (χ2n) is 4.55. The van der Waals surface area contributed by atoms with E-state index in [1.54, 1.807) is 18.3 Å². The minimum atomic E-state index is -1.58. The van der Waals surface area contributed by atoms with Gasteiger partial charge < -0.3 is 10.0 Å². The van der Waals surface area contributed by atoms with Gasteiger partial charge in [0.1, 0.15) is 0 Å². The van der Waals surface area contributed by atoms with Crippen LogP contribution in [0.3, 0.4) is 0 Å². The Hall–Kier alpha value is -2.37. The number of benzene rings is 2. The van der Waals surface area contributed by atoms with E-state index < -0.39 is 7.12 Å². The van der Waals surface area contributed by atoms with Crippen molar-refractivity contribution in [3.8, 4) is 5.69 Å². The molecule has 4 nitrogen and oxygen atoms in total. The van der Waals surface area contributed by atoms with Crippen molar-refractivity contribution in [2.75, 3.05) is 0 Å². The highest BCUT2D eigenvalue weighted by molar-refractivity contribution is 6.58. The molecular weight excluding hydrogens is 253 g/mol. The van der Waals surface area contributed by atoms with Crippen molar-refractivity contribution >= 4 is 23.4 Å². The molecule has 3 aromatic rings. The summed E-state index contributed by atoms with van der Waals surface area (Å²) in [6, 6.07) is 15.9. The van der Waals surface area contributed by atoms with Gasteiger partial charge in [0.2, 0.25) is 0 Å². The van der Waals surface area contributed by atoms with Crippen LogP contribution in [0.15, 0.2) is 65.6 Å². The van der Waals surface area contributed by atoms with E-state index in [0.717, 1.165) is 11.1 Å². The minimum absolute atomic E-state index is 0.184. The van der Waals surface area contributed by atoms with Crippen LogP contribution in [0.1, 0.15) is 0 Å². The van der Waals surface area contributed by atoms with Crippen molar-refractivity contribution in [2.24, 2.45) is 0 Å². The Morgan fingerprint density at radius 1 is 0.950 bits per heavy atom. The summed E-state index contributed by atoms with van der Waals surface area (Å²) >= 11 is 0. The zero-order valence-electron chi connectivity index (χ0n) is 10.6. The molecule has 0 aliphatic rings. The zero-order valence-corrected chi connectivity index (χ0v) is 10.6. The first-order valence-corrected chi connectivity index (χ1v) is 6.24. The lowest BCUT2D eigenvalue weighted by Crippen LogP contribution is -2.30. The summed E-state index contributed by atoms with van der Waals surface area (Å²) in [6.07, 6.45) is 1.72. The van der Waals surface area contributed by atoms with E-state index >= 15 is 0 Å². The summed E-state index contributed by atoms with van der Waals surface area (Å²) in [5, 5.41) is 19.6. The average Bonchev–Trinajstić information content (AvgIpc) is 2.48. The van der Waals surface area contributed by atoms with E-state index in [9.17, 15) is 14.8 Å². The van der Waals surface area contributed by atoms with Crippen LogP contribution in [0.4, 0.5) is 0 Å². The predicted octanol–water partition coefficient (Wildman–Crippen LogP) is 0.671. The molecule has 0 saturated carbocycles. The van der Waals surface area contributed by atoms with Crippen molar-refractivity contribution in [3.63, 3.8) is 0 Å². The summed E-state index contributed by atoms with van der Waals surface area (Å²) in [6.45, 7) is 0. The van der Waals surface area contributed by atoms with Gasteiger partial charge in [-0.15, -0.1) is 0 Å². The Labute approximate surface area is 115 Å². The second-order valence-corrected chi connectivity index (χ2v) is 4.55. The Kier molecular flexibility index (Phi) is 3.14. The smallest absolute Gasteiger partial charge is 0.423 e. The fourth-order valence-electron chi connectivity index (χ4n) is 2.21. The molecule has 5 heteroatoms. The van der Waals surface area contributed by atoms with Gasteiger partial charge in [0, 0.05) is 17.3 Å². The molecule has 0 radical (unpaired) electrons. The lowest BCUT2D eigenvalue weighted by molar-refractivity contribution is 0.426. The number of pyridine rings is 1.